The average molecular weight is 175 g/mol. The van der Waals surface area contributed by atoms with Gasteiger partial charge in [-0.05, 0) is 19.5 Å². The van der Waals surface area contributed by atoms with Gasteiger partial charge in [-0.25, -0.2) is 0 Å². The molecule has 0 saturated carbocycles. The van der Waals surface area contributed by atoms with Gasteiger partial charge in [-0.2, -0.15) is 0 Å². The molecule has 0 rings (SSSR count). The van der Waals surface area contributed by atoms with Gasteiger partial charge in [0.15, 0.2) is 0 Å². The van der Waals surface area contributed by atoms with E-state index in [0.717, 1.165) is 19.6 Å². The van der Waals surface area contributed by atoms with Gasteiger partial charge in [0.25, 0.3) is 0 Å². The van der Waals surface area contributed by atoms with Gasteiger partial charge in [0.2, 0.25) is 0 Å². The highest BCUT2D eigenvalue weighted by atomic mass is 16.3. The lowest BCUT2D eigenvalue weighted by atomic mass is 10.3. The maximum atomic E-state index is 8.63. The van der Waals surface area contributed by atoms with Crippen LogP contribution in [0.1, 0.15) is 40.5 Å². The summed E-state index contributed by atoms with van der Waals surface area (Å²) in [4.78, 5) is 2.27. The Hall–Kier alpha value is -0.0800. The minimum absolute atomic E-state index is 0.289. The smallest absolute Gasteiger partial charge is 0.0558 e. The Bertz CT molecular complexity index is 66.9. The molecule has 76 valence electrons. The Balaban J connectivity index is 0. The molecule has 0 aromatic carbocycles. The zero-order valence-electron chi connectivity index (χ0n) is 9.14. The molecule has 0 spiro atoms. The van der Waals surface area contributed by atoms with Crippen molar-refractivity contribution in [3.8, 4) is 0 Å². The van der Waals surface area contributed by atoms with Crippen molar-refractivity contribution in [2.75, 3.05) is 26.2 Å². The first-order chi connectivity index (χ1) is 5.85. The highest BCUT2D eigenvalue weighted by Gasteiger charge is 1.97. The Labute approximate surface area is 77.6 Å². The second-order valence-corrected chi connectivity index (χ2v) is 2.51. The third-order valence-corrected chi connectivity index (χ3v) is 1.69. The van der Waals surface area contributed by atoms with Crippen LogP contribution in [0.2, 0.25) is 0 Å². The minimum atomic E-state index is 0.289. The molecule has 12 heavy (non-hydrogen) atoms. The number of rotatable bonds is 6. The largest absolute Gasteiger partial charge is 0.395 e. The van der Waals surface area contributed by atoms with Crippen LogP contribution in [0.15, 0.2) is 0 Å². The second-order valence-electron chi connectivity index (χ2n) is 2.51. The lowest BCUT2D eigenvalue weighted by molar-refractivity contribution is 0.200. The van der Waals surface area contributed by atoms with Gasteiger partial charge in [0, 0.05) is 6.54 Å². The lowest BCUT2D eigenvalue weighted by Crippen LogP contribution is -2.27. The van der Waals surface area contributed by atoms with E-state index in [4.69, 9.17) is 5.11 Å². The van der Waals surface area contributed by atoms with Crippen molar-refractivity contribution >= 4 is 0 Å². The SMILES string of the molecule is CC.CCCCN(CC)CCO. The second kappa shape index (κ2) is 13.5. The summed E-state index contributed by atoms with van der Waals surface area (Å²) in [6.07, 6.45) is 2.48. The van der Waals surface area contributed by atoms with Crippen LogP contribution in [0, 0.1) is 0 Å². The first-order valence-corrected chi connectivity index (χ1v) is 5.18. The maximum Gasteiger partial charge on any atom is 0.0558 e. The summed E-state index contributed by atoms with van der Waals surface area (Å²) in [5.41, 5.74) is 0. The van der Waals surface area contributed by atoms with Crippen LogP contribution in [-0.4, -0.2) is 36.2 Å². The Kier molecular flexibility index (Phi) is 16.3. The van der Waals surface area contributed by atoms with Crippen LogP contribution in [0.3, 0.4) is 0 Å². The van der Waals surface area contributed by atoms with Crippen molar-refractivity contribution in [1.82, 2.24) is 4.90 Å². The van der Waals surface area contributed by atoms with Gasteiger partial charge >= 0.3 is 0 Å². The molecular formula is C10H25NO. The number of likely N-dealkylation sites (N-methyl/N-ethyl adjacent to an activating group) is 1. The fourth-order valence-corrected chi connectivity index (χ4v) is 0.951. The Morgan fingerprint density at radius 2 is 1.67 bits per heavy atom. The van der Waals surface area contributed by atoms with Gasteiger partial charge in [0.1, 0.15) is 0 Å². The predicted octanol–water partition coefficient (Wildman–Crippen LogP) is 2.13. The minimum Gasteiger partial charge on any atom is -0.395 e. The van der Waals surface area contributed by atoms with Gasteiger partial charge < -0.3 is 10.0 Å². The quantitative estimate of drug-likeness (QED) is 0.668. The van der Waals surface area contributed by atoms with Gasteiger partial charge in [-0.1, -0.05) is 34.1 Å². The summed E-state index contributed by atoms with van der Waals surface area (Å²) in [5.74, 6) is 0. The van der Waals surface area contributed by atoms with Gasteiger partial charge in [-0.15, -0.1) is 0 Å². The monoisotopic (exact) mass is 175 g/mol. The third kappa shape index (κ3) is 9.92. The zero-order valence-corrected chi connectivity index (χ0v) is 9.14. The van der Waals surface area contributed by atoms with E-state index in [-0.39, 0.29) is 6.61 Å². The molecule has 0 atom stereocenters. The van der Waals surface area contributed by atoms with E-state index in [1.54, 1.807) is 0 Å². The predicted molar refractivity (Wildman–Crippen MR) is 55.5 cm³/mol. The number of hydrogen-bond donors (Lipinski definition) is 1. The summed E-state index contributed by atoms with van der Waals surface area (Å²) in [7, 11) is 0. The molecule has 0 aliphatic heterocycles. The van der Waals surface area contributed by atoms with E-state index in [1.807, 2.05) is 13.8 Å². The van der Waals surface area contributed by atoms with Crippen LogP contribution in [0.25, 0.3) is 0 Å². The molecule has 2 nitrogen and oxygen atoms in total. The summed E-state index contributed by atoms with van der Waals surface area (Å²) < 4.78 is 0. The summed E-state index contributed by atoms with van der Waals surface area (Å²) in [6.45, 7) is 11.6. The molecule has 0 fully saturated rings. The van der Waals surface area contributed by atoms with Crippen molar-refractivity contribution < 1.29 is 5.11 Å². The lowest BCUT2D eigenvalue weighted by Gasteiger charge is -2.17. The molecule has 0 saturated heterocycles. The van der Waals surface area contributed by atoms with E-state index in [9.17, 15) is 0 Å². The first-order valence-electron chi connectivity index (χ1n) is 5.18. The standard InChI is InChI=1S/C8H19NO.C2H6/c1-3-5-6-9(4-2)7-8-10;1-2/h10H,3-8H2,1-2H3;1-2H3. The van der Waals surface area contributed by atoms with Gasteiger partial charge in [0.05, 0.1) is 6.61 Å². The molecule has 0 radical (unpaired) electrons. The van der Waals surface area contributed by atoms with Crippen molar-refractivity contribution in [3.05, 3.63) is 0 Å². The van der Waals surface area contributed by atoms with Crippen LogP contribution in [0.5, 0.6) is 0 Å². The van der Waals surface area contributed by atoms with E-state index < -0.39 is 0 Å². The van der Waals surface area contributed by atoms with E-state index in [0.29, 0.717) is 0 Å². The fourth-order valence-electron chi connectivity index (χ4n) is 0.951. The number of aliphatic hydroxyl groups is 1. The average Bonchev–Trinajstić information content (AvgIpc) is 2.15. The normalized spacial score (nSPS) is 9.50. The van der Waals surface area contributed by atoms with E-state index in [1.165, 1.54) is 12.8 Å². The summed E-state index contributed by atoms with van der Waals surface area (Å²) >= 11 is 0. The van der Waals surface area contributed by atoms with Crippen LogP contribution >= 0.6 is 0 Å². The number of aliphatic hydroxyl groups excluding tert-OH is 1. The van der Waals surface area contributed by atoms with Crippen molar-refractivity contribution in [2.24, 2.45) is 0 Å². The molecule has 0 aromatic heterocycles. The molecule has 0 amide bonds. The fraction of sp³-hybridized carbons (Fsp3) is 1.00. The summed E-state index contributed by atoms with van der Waals surface area (Å²) in [6, 6.07) is 0. The summed E-state index contributed by atoms with van der Waals surface area (Å²) in [5, 5.41) is 8.63. The van der Waals surface area contributed by atoms with Crippen LogP contribution in [-0.2, 0) is 0 Å². The van der Waals surface area contributed by atoms with Crippen LogP contribution in [0.4, 0.5) is 0 Å². The first kappa shape index (κ1) is 14.4. The molecule has 0 bridgehead atoms. The van der Waals surface area contributed by atoms with Crippen molar-refractivity contribution in [3.63, 3.8) is 0 Å². The van der Waals surface area contributed by atoms with Crippen LogP contribution < -0.4 is 0 Å². The van der Waals surface area contributed by atoms with Crippen molar-refractivity contribution in [1.29, 1.82) is 0 Å². The molecule has 0 aromatic rings. The van der Waals surface area contributed by atoms with E-state index in [2.05, 4.69) is 18.7 Å². The number of hydrogen-bond acceptors (Lipinski definition) is 2. The number of unbranched alkanes of at least 4 members (excludes halogenated alkanes) is 1. The molecule has 0 heterocycles. The van der Waals surface area contributed by atoms with Crippen molar-refractivity contribution in [2.45, 2.75) is 40.5 Å². The highest BCUT2D eigenvalue weighted by Crippen LogP contribution is 1.92. The Morgan fingerprint density at radius 1 is 1.08 bits per heavy atom. The third-order valence-electron chi connectivity index (χ3n) is 1.69. The number of nitrogens with zero attached hydrogens (tertiary/aromatic N) is 1. The highest BCUT2D eigenvalue weighted by molar-refractivity contribution is 4.52. The van der Waals surface area contributed by atoms with Gasteiger partial charge in [-0.3, -0.25) is 0 Å². The molecular weight excluding hydrogens is 150 g/mol. The molecule has 0 aliphatic rings. The molecule has 2 heteroatoms. The maximum absolute atomic E-state index is 8.63. The Morgan fingerprint density at radius 3 is 2.00 bits per heavy atom. The molecule has 1 N–H and O–H groups in total. The molecule has 0 unspecified atom stereocenters. The zero-order chi connectivity index (χ0) is 9.82. The topological polar surface area (TPSA) is 23.5 Å². The van der Waals surface area contributed by atoms with E-state index >= 15 is 0 Å². The molecule has 0 aliphatic carbocycles.